The molecule has 0 aliphatic heterocycles. The molecule has 0 atom stereocenters. The molecule has 1 amide bonds. The zero-order chi connectivity index (χ0) is 23.1. The van der Waals surface area contributed by atoms with E-state index < -0.39 is 17.2 Å². The SMILES string of the molecule is CCCCn1c(N)c(N(CC(C)C)C(=O)c2ccc(OCC)c(OC)c2)c(=O)[nH]c1=O. The number of H-pyrrole nitrogens is 1. The van der Waals surface area contributed by atoms with Gasteiger partial charge in [-0.1, -0.05) is 27.2 Å². The number of nitrogens with zero attached hydrogens (tertiary/aromatic N) is 2. The molecule has 1 aromatic carbocycles. The molecular formula is C22H32N4O5. The quantitative estimate of drug-likeness (QED) is 0.596. The highest BCUT2D eigenvalue weighted by Gasteiger charge is 2.26. The Morgan fingerprint density at radius 2 is 1.94 bits per heavy atom. The molecule has 9 heteroatoms. The number of benzene rings is 1. The normalized spacial score (nSPS) is 10.9. The van der Waals surface area contributed by atoms with E-state index in [0.717, 1.165) is 6.42 Å². The van der Waals surface area contributed by atoms with Gasteiger partial charge in [0.25, 0.3) is 11.5 Å². The fourth-order valence-electron chi connectivity index (χ4n) is 3.25. The van der Waals surface area contributed by atoms with Gasteiger partial charge in [-0.25, -0.2) is 4.79 Å². The molecule has 0 spiro atoms. The number of hydrogen-bond donors (Lipinski definition) is 2. The smallest absolute Gasteiger partial charge is 0.330 e. The number of aromatic nitrogens is 2. The second kappa shape index (κ2) is 10.7. The first kappa shape index (κ1) is 24.0. The molecule has 0 radical (unpaired) electrons. The summed E-state index contributed by atoms with van der Waals surface area (Å²) < 4.78 is 12.2. The van der Waals surface area contributed by atoms with Gasteiger partial charge in [-0.15, -0.1) is 0 Å². The zero-order valence-electron chi connectivity index (χ0n) is 18.9. The van der Waals surface area contributed by atoms with E-state index in [1.54, 1.807) is 18.2 Å². The summed E-state index contributed by atoms with van der Waals surface area (Å²) in [5.74, 6) is 0.528. The van der Waals surface area contributed by atoms with Crippen LogP contribution < -0.4 is 31.4 Å². The van der Waals surface area contributed by atoms with E-state index in [9.17, 15) is 14.4 Å². The van der Waals surface area contributed by atoms with Gasteiger partial charge in [0.1, 0.15) is 5.82 Å². The predicted octanol–water partition coefficient (Wildman–Crippen LogP) is 2.63. The number of ether oxygens (including phenoxy) is 2. The molecule has 1 aromatic heterocycles. The molecule has 0 saturated carbocycles. The van der Waals surface area contributed by atoms with Crippen LogP contribution in [0.25, 0.3) is 0 Å². The van der Waals surface area contributed by atoms with Crippen molar-refractivity contribution in [2.75, 3.05) is 30.9 Å². The maximum Gasteiger partial charge on any atom is 0.330 e. The summed E-state index contributed by atoms with van der Waals surface area (Å²) >= 11 is 0. The standard InChI is InChI=1S/C22H32N4O5/c1-6-8-11-25-19(23)18(20(27)24-22(25)29)26(13-14(3)4)21(28)15-9-10-16(31-7-2)17(12-15)30-5/h9-10,12,14H,6-8,11,13,23H2,1-5H3,(H,24,27,29). The van der Waals surface area contributed by atoms with E-state index in [0.29, 0.717) is 36.6 Å². The van der Waals surface area contributed by atoms with E-state index in [4.69, 9.17) is 15.2 Å². The number of carbonyl (C=O) groups is 1. The van der Waals surface area contributed by atoms with E-state index in [1.165, 1.54) is 16.6 Å². The maximum atomic E-state index is 13.5. The number of nitrogen functional groups attached to an aromatic ring is 1. The Morgan fingerprint density at radius 1 is 1.23 bits per heavy atom. The van der Waals surface area contributed by atoms with E-state index in [2.05, 4.69) is 4.98 Å². The molecule has 0 aliphatic carbocycles. The molecule has 0 unspecified atom stereocenters. The Hall–Kier alpha value is -3.23. The van der Waals surface area contributed by atoms with Gasteiger partial charge >= 0.3 is 5.69 Å². The molecule has 0 bridgehead atoms. The fourth-order valence-corrected chi connectivity index (χ4v) is 3.25. The second-order valence-corrected chi connectivity index (χ2v) is 7.61. The number of unbranched alkanes of at least 4 members (excludes halogenated alkanes) is 1. The van der Waals surface area contributed by atoms with Crippen molar-refractivity contribution in [3.8, 4) is 11.5 Å². The van der Waals surface area contributed by atoms with Gasteiger partial charge in [-0.2, -0.15) is 0 Å². The summed E-state index contributed by atoms with van der Waals surface area (Å²) in [4.78, 5) is 42.1. The third-order valence-electron chi connectivity index (χ3n) is 4.72. The lowest BCUT2D eigenvalue weighted by molar-refractivity contribution is 0.0983. The Balaban J connectivity index is 2.60. The minimum atomic E-state index is -0.692. The molecule has 170 valence electrons. The lowest BCUT2D eigenvalue weighted by Gasteiger charge is -2.26. The summed E-state index contributed by atoms with van der Waals surface area (Å²) in [6.45, 7) is 8.74. The first-order valence-electron chi connectivity index (χ1n) is 10.5. The van der Waals surface area contributed by atoms with Crippen LogP contribution in [-0.2, 0) is 6.54 Å². The molecular weight excluding hydrogens is 400 g/mol. The van der Waals surface area contributed by atoms with Gasteiger partial charge < -0.3 is 20.1 Å². The molecule has 31 heavy (non-hydrogen) atoms. The topological polar surface area (TPSA) is 120 Å². The average molecular weight is 433 g/mol. The summed E-state index contributed by atoms with van der Waals surface area (Å²) in [6.07, 6.45) is 1.56. The van der Waals surface area contributed by atoms with Crippen molar-refractivity contribution < 1.29 is 14.3 Å². The van der Waals surface area contributed by atoms with Crippen LogP contribution in [0.2, 0.25) is 0 Å². The van der Waals surface area contributed by atoms with Crippen LogP contribution in [0.15, 0.2) is 27.8 Å². The molecule has 3 N–H and O–H groups in total. The number of methoxy groups -OCH3 is 1. The van der Waals surface area contributed by atoms with E-state index in [-0.39, 0.29) is 24.0 Å². The summed E-state index contributed by atoms with van der Waals surface area (Å²) in [6, 6.07) is 4.83. The molecule has 0 fully saturated rings. The number of hydrogen-bond acceptors (Lipinski definition) is 6. The molecule has 0 aliphatic rings. The van der Waals surface area contributed by atoms with Crippen molar-refractivity contribution in [2.24, 2.45) is 5.92 Å². The van der Waals surface area contributed by atoms with Gasteiger partial charge in [0, 0.05) is 18.7 Å². The monoisotopic (exact) mass is 432 g/mol. The largest absolute Gasteiger partial charge is 0.493 e. The zero-order valence-corrected chi connectivity index (χ0v) is 18.9. The number of rotatable bonds is 10. The predicted molar refractivity (Wildman–Crippen MR) is 121 cm³/mol. The highest BCUT2D eigenvalue weighted by Crippen LogP contribution is 2.30. The minimum absolute atomic E-state index is 0.0194. The van der Waals surface area contributed by atoms with Crippen LogP contribution in [0.4, 0.5) is 11.5 Å². The van der Waals surface area contributed by atoms with Crippen LogP contribution >= 0.6 is 0 Å². The number of nitrogens with two attached hydrogens (primary N) is 1. The highest BCUT2D eigenvalue weighted by atomic mass is 16.5. The van der Waals surface area contributed by atoms with Gasteiger partial charge in [-0.05, 0) is 37.5 Å². The third-order valence-corrected chi connectivity index (χ3v) is 4.72. The Labute approximate surface area is 181 Å². The average Bonchev–Trinajstić information content (AvgIpc) is 2.72. The summed E-state index contributed by atoms with van der Waals surface area (Å²) in [5.41, 5.74) is 5.25. The first-order chi connectivity index (χ1) is 14.7. The fraction of sp³-hybridized carbons (Fsp3) is 0.500. The van der Waals surface area contributed by atoms with Crippen LogP contribution in [0, 0.1) is 5.92 Å². The molecule has 9 nitrogen and oxygen atoms in total. The van der Waals surface area contributed by atoms with Crippen LogP contribution in [0.1, 0.15) is 50.9 Å². The number of anilines is 2. The van der Waals surface area contributed by atoms with Crippen molar-refractivity contribution in [1.29, 1.82) is 0 Å². The van der Waals surface area contributed by atoms with Crippen molar-refractivity contribution in [2.45, 2.75) is 47.1 Å². The van der Waals surface area contributed by atoms with Crippen molar-refractivity contribution in [3.05, 3.63) is 44.6 Å². The van der Waals surface area contributed by atoms with Crippen molar-refractivity contribution in [3.63, 3.8) is 0 Å². The number of carbonyl (C=O) groups excluding carboxylic acids is 1. The molecule has 2 aromatic rings. The molecule has 1 heterocycles. The minimum Gasteiger partial charge on any atom is -0.493 e. The second-order valence-electron chi connectivity index (χ2n) is 7.61. The van der Waals surface area contributed by atoms with Crippen molar-refractivity contribution >= 4 is 17.4 Å². The van der Waals surface area contributed by atoms with E-state index >= 15 is 0 Å². The number of nitrogens with one attached hydrogen (secondary N) is 1. The summed E-state index contributed by atoms with van der Waals surface area (Å²) in [5, 5.41) is 0. The van der Waals surface area contributed by atoms with E-state index in [1.807, 2.05) is 27.7 Å². The Morgan fingerprint density at radius 3 is 2.52 bits per heavy atom. The lowest BCUT2D eigenvalue weighted by Crippen LogP contribution is -2.42. The van der Waals surface area contributed by atoms with Gasteiger partial charge in [0.05, 0.1) is 13.7 Å². The maximum absolute atomic E-state index is 13.5. The van der Waals surface area contributed by atoms with Crippen LogP contribution in [0.3, 0.4) is 0 Å². The first-order valence-corrected chi connectivity index (χ1v) is 10.5. The number of amides is 1. The molecule has 0 saturated heterocycles. The van der Waals surface area contributed by atoms with Crippen LogP contribution in [-0.4, -0.2) is 35.7 Å². The summed E-state index contributed by atoms with van der Waals surface area (Å²) in [7, 11) is 1.49. The van der Waals surface area contributed by atoms with Gasteiger partial charge in [0.2, 0.25) is 0 Å². The number of aromatic amines is 1. The Kier molecular flexibility index (Phi) is 8.30. The van der Waals surface area contributed by atoms with Gasteiger partial charge in [0.15, 0.2) is 17.2 Å². The third kappa shape index (κ3) is 5.48. The highest BCUT2D eigenvalue weighted by molar-refractivity contribution is 6.07. The molecule has 2 rings (SSSR count). The van der Waals surface area contributed by atoms with Crippen molar-refractivity contribution in [1.82, 2.24) is 9.55 Å². The Bertz CT molecular complexity index is 1030. The van der Waals surface area contributed by atoms with Gasteiger partial charge in [-0.3, -0.25) is 19.1 Å². The van der Waals surface area contributed by atoms with Crippen LogP contribution in [0.5, 0.6) is 11.5 Å². The lowest BCUT2D eigenvalue weighted by atomic mass is 10.1.